The van der Waals surface area contributed by atoms with Crippen LogP contribution in [0.15, 0.2) is 29.2 Å². The number of hydrogen-bond acceptors (Lipinski definition) is 2. The normalized spacial score (nSPS) is 9.38. The second-order valence-electron chi connectivity index (χ2n) is 2.43. The molecule has 0 aliphatic rings. The maximum Gasteiger partial charge on any atom is 0.170 e. The topological polar surface area (TPSA) is 24.1 Å². The quantitative estimate of drug-likeness (QED) is 0.580. The van der Waals surface area contributed by atoms with Crippen LogP contribution in [0.25, 0.3) is 0 Å². The summed E-state index contributed by atoms with van der Waals surface area (Å²) in [5.74, 6) is 0. The van der Waals surface area contributed by atoms with Crippen LogP contribution >= 0.6 is 24.0 Å². The lowest BCUT2D eigenvalue weighted by Gasteiger charge is -2.06. The van der Waals surface area contributed by atoms with Gasteiger partial charge in [0.25, 0.3) is 0 Å². The molecule has 0 radical (unpaired) electrons. The fourth-order valence-electron chi connectivity index (χ4n) is 0.868. The number of nitrogens with one attached hydrogen (secondary N) is 2. The van der Waals surface area contributed by atoms with Gasteiger partial charge in [0.2, 0.25) is 0 Å². The van der Waals surface area contributed by atoms with E-state index in [1.165, 1.54) is 4.90 Å². The van der Waals surface area contributed by atoms with Crippen LogP contribution in [0.5, 0.6) is 0 Å². The molecule has 2 N–H and O–H groups in total. The number of anilines is 1. The molecule has 0 bridgehead atoms. The minimum Gasteiger partial charge on any atom is -0.366 e. The molecule has 1 rings (SSSR count). The molecule has 0 amide bonds. The highest BCUT2D eigenvalue weighted by molar-refractivity contribution is 7.98. The molecule has 70 valence electrons. The fourth-order valence-corrected chi connectivity index (χ4v) is 1.39. The van der Waals surface area contributed by atoms with Crippen molar-refractivity contribution in [2.24, 2.45) is 0 Å². The van der Waals surface area contributed by atoms with Crippen LogP contribution in [0.3, 0.4) is 0 Å². The molecule has 1 aromatic carbocycles. The first-order valence-corrected chi connectivity index (χ1v) is 5.52. The molecule has 13 heavy (non-hydrogen) atoms. The summed E-state index contributed by atoms with van der Waals surface area (Å²) in [5, 5.41) is 6.55. The Hall–Kier alpha value is -0.740. The lowest BCUT2D eigenvalue weighted by Crippen LogP contribution is -2.23. The summed E-state index contributed by atoms with van der Waals surface area (Å²) in [6, 6.07) is 8.14. The number of thioether (sulfide) groups is 1. The monoisotopic (exact) mass is 212 g/mol. The van der Waals surface area contributed by atoms with E-state index in [0.717, 1.165) is 5.69 Å². The van der Waals surface area contributed by atoms with Crippen molar-refractivity contribution in [1.29, 1.82) is 0 Å². The first-order chi connectivity index (χ1) is 6.26. The maximum atomic E-state index is 4.97. The van der Waals surface area contributed by atoms with E-state index in [-0.39, 0.29) is 0 Å². The molecule has 0 atom stereocenters. The Morgan fingerprint density at radius 3 is 2.38 bits per heavy atom. The molecule has 0 fully saturated rings. The van der Waals surface area contributed by atoms with Crippen LogP contribution in [-0.4, -0.2) is 18.4 Å². The number of hydrogen-bond donors (Lipinski definition) is 2. The molecular weight excluding hydrogens is 200 g/mol. The van der Waals surface area contributed by atoms with E-state index in [2.05, 4.69) is 29.0 Å². The summed E-state index contributed by atoms with van der Waals surface area (Å²) < 4.78 is 0. The van der Waals surface area contributed by atoms with Crippen molar-refractivity contribution < 1.29 is 0 Å². The van der Waals surface area contributed by atoms with E-state index in [1.807, 2.05) is 12.1 Å². The zero-order chi connectivity index (χ0) is 9.68. The van der Waals surface area contributed by atoms with E-state index in [0.29, 0.717) is 5.11 Å². The molecule has 4 heteroatoms. The van der Waals surface area contributed by atoms with Gasteiger partial charge in [-0.3, -0.25) is 0 Å². The largest absolute Gasteiger partial charge is 0.366 e. The van der Waals surface area contributed by atoms with Gasteiger partial charge in [-0.1, -0.05) is 0 Å². The minimum absolute atomic E-state index is 0.636. The zero-order valence-corrected chi connectivity index (χ0v) is 9.26. The van der Waals surface area contributed by atoms with Gasteiger partial charge in [0.15, 0.2) is 5.11 Å². The lowest BCUT2D eigenvalue weighted by molar-refractivity contribution is 1.20. The summed E-state index contributed by atoms with van der Waals surface area (Å²) in [5.41, 5.74) is 1.01. The van der Waals surface area contributed by atoms with Crippen molar-refractivity contribution in [3.63, 3.8) is 0 Å². The third kappa shape index (κ3) is 3.24. The average molecular weight is 212 g/mol. The van der Waals surface area contributed by atoms with Gasteiger partial charge in [0, 0.05) is 17.6 Å². The molecular formula is C9H12N2S2. The van der Waals surface area contributed by atoms with Crippen molar-refractivity contribution in [3.8, 4) is 0 Å². The molecule has 0 aliphatic carbocycles. The van der Waals surface area contributed by atoms with Gasteiger partial charge >= 0.3 is 0 Å². The molecule has 0 spiro atoms. The Kier molecular flexibility index (Phi) is 4.05. The molecule has 0 unspecified atom stereocenters. The minimum atomic E-state index is 0.636. The first-order valence-electron chi connectivity index (χ1n) is 3.89. The van der Waals surface area contributed by atoms with E-state index < -0.39 is 0 Å². The predicted molar refractivity (Wildman–Crippen MR) is 63.5 cm³/mol. The molecule has 0 aromatic heterocycles. The van der Waals surface area contributed by atoms with Crippen LogP contribution in [0.4, 0.5) is 5.69 Å². The Morgan fingerprint density at radius 1 is 1.31 bits per heavy atom. The van der Waals surface area contributed by atoms with E-state index in [9.17, 15) is 0 Å². The van der Waals surface area contributed by atoms with Gasteiger partial charge in [-0.15, -0.1) is 11.8 Å². The van der Waals surface area contributed by atoms with Crippen LogP contribution < -0.4 is 10.6 Å². The molecule has 0 saturated heterocycles. The third-order valence-electron chi connectivity index (χ3n) is 1.57. The Labute approximate surface area is 88.1 Å². The standard InChI is InChI=1S/C9H12N2S2/c1-10-9(12)11-7-3-5-8(13-2)6-4-7/h3-6H,1-2H3,(H2,10,11,12). The highest BCUT2D eigenvalue weighted by Gasteiger charge is 1.94. The summed E-state index contributed by atoms with van der Waals surface area (Å²) in [6.45, 7) is 0. The van der Waals surface area contributed by atoms with E-state index in [1.54, 1.807) is 18.8 Å². The van der Waals surface area contributed by atoms with Crippen molar-refractivity contribution in [3.05, 3.63) is 24.3 Å². The van der Waals surface area contributed by atoms with Gasteiger partial charge in [-0.2, -0.15) is 0 Å². The van der Waals surface area contributed by atoms with Crippen LogP contribution in [0.2, 0.25) is 0 Å². The third-order valence-corrected chi connectivity index (χ3v) is 2.62. The van der Waals surface area contributed by atoms with Gasteiger partial charge in [-0.25, -0.2) is 0 Å². The second kappa shape index (κ2) is 5.09. The van der Waals surface area contributed by atoms with Crippen molar-refractivity contribution in [1.82, 2.24) is 5.32 Å². The SMILES string of the molecule is CNC(=S)Nc1ccc(SC)cc1. The molecule has 2 nitrogen and oxygen atoms in total. The molecule has 0 heterocycles. The number of benzene rings is 1. The summed E-state index contributed by atoms with van der Waals surface area (Å²) >= 11 is 6.70. The van der Waals surface area contributed by atoms with Crippen molar-refractivity contribution >= 4 is 34.8 Å². The van der Waals surface area contributed by atoms with E-state index in [4.69, 9.17) is 12.2 Å². The van der Waals surface area contributed by atoms with E-state index >= 15 is 0 Å². The predicted octanol–water partition coefficient (Wildman–Crippen LogP) is 2.32. The lowest BCUT2D eigenvalue weighted by atomic mass is 10.3. The van der Waals surface area contributed by atoms with Gasteiger partial charge in [0.1, 0.15) is 0 Å². The smallest absolute Gasteiger partial charge is 0.170 e. The number of thiocarbonyl (C=S) groups is 1. The van der Waals surface area contributed by atoms with Gasteiger partial charge < -0.3 is 10.6 Å². The molecule has 1 aromatic rings. The summed E-state index contributed by atoms with van der Waals surface area (Å²) in [6.07, 6.45) is 2.06. The summed E-state index contributed by atoms with van der Waals surface area (Å²) in [7, 11) is 1.80. The maximum absolute atomic E-state index is 4.97. The Bertz CT molecular complexity index is 282. The number of rotatable bonds is 2. The summed E-state index contributed by atoms with van der Waals surface area (Å²) in [4.78, 5) is 1.25. The van der Waals surface area contributed by atoms with Crippen LogP contribution in [-0.2, 0) is 0 Å². The second-order valence-corrected chi connectivity index (χ2v) is 3.72. The molecule has 0 saturated carbocycles. The zero-order valence-electron chi connectivity index (χ0n) is 7.63. The fraction of sp³-hybridized carbons (Fsp3) is 0.222. The van der Waals surface area contributed by atoms with Gasteiger partial charge in [-0.05, 0) is 42.7 Å². The Morgan fingerprint density at radius 2 is 1.92 bits per heavy atom. The first kappa shape index (κ1) is 10.3. The molecule has 0 aliphatic heterocycles. The van der Waals surface area contributed by atoms with Crippen molar-refractivity contribution in [2.45, 2.75) is 4.90 Å². The van der Waals surface area contributed by atoms with Crippen LogP contribution in [0.1, 0.15) is 0 Å². The average Bonchev–Trinajstić information content (AvgIpc) is 2.19. The Balaban J connectivity index is 2.64. The highest BCUT2D eigenvalue weighted by Crippen LogP contribution is 2.17. The highest BCUT2D eigenvalue weighted by atomic mass is 32.2. The van der Waals surface area contributed by atoms with Crippen LogP contribution in [0, 0.1) is 0 Å². The van der Waals surface area contributed by atoms with Gasteiger partial charge in [0.05, 0.1) is 0 Å². The van der Waals surface area contributed by atoms with Crippen molar-refractivity contribution in [2.75, 3.05) is 18.6 Å².